The summed E-state index contributed by atoms with van der Waals surface area (Å²) in [6.07, 6.45) is 1.80. The van der Waals surface area contributed by atoms with Crippen LogP contribution in [0.5, 0.6) is 0 Å². The molecule has 1 saturated heterocycles. The summed E-state index contributed by atoms with van der Waals surface area (Å²) in [5, 5.41) is 0. The zero-order valence-corrected chi connectivity index (χ0v) is 12.8. The van der Waals surface area contributed by atoms with Gasteiger partial charge in [0.05, 0.1) is 15.1 Å². The van der Waals surface area contributed by atoms with Crippen molar-refractivity contribution >= 4 is 31.6 Å². The minimum atomic E-state index is -3.44. The predicted octanol–water partition coefficient (Wildman–Crippen LogP) is 2.01. The minimum Gasteiger partial charge on any atom is -0.312 e. The van der Waals surface area contributed by atoms with E-state index in [-0.39, 0.29) is 9.77 Å². The van der Waals surface area contributed by atoms with Gasteiger partial charge < -0.3 is 4.98 Å². The summed E-state index contributed by atoms with van der Waals surface area (Å²) in [5.74, 6) is 0.582. The van der Waals surface area contributed by atoms with Crippen LogP contribution in [0, 0.1) is 5.92 Å². The number of sulfonamides is 1. The van der Waals surface area contributed by atoms with Gasteiger partial charge >= 0.3 is 4.87 Å². The van der Waals surface area contributed by atoms with Gasteiger partial charge in [-0.15, -0.1) is 0 Å². The van der Waals surface area contributed by atoms with E-state index in [0.29, 0.717) is 29.2 Å². The van der Waals surface area contributed by atoms with Crippen LogP contribution in [-0.2, 0) is 10.0 Å². The van der Waals surface area contributed by atoms with Crippen LogP contribution in [0.4, 0.5) is 0 Å². The highest BCUT2D eigenvalue weighted by molar-refractivity contribution is 7.89. The lowest BCUT2D eigenvalue weighted by molar-refractivity contribution is 0.288. The van der Waals surface area contributed by atoms with Crippen molar-refractivity contribution in [3.63, 3.8) is 0 Å². The molecule has 1 fully saturated rings. The average Bonchev–Trinajstić information content (AvgIpc) is 2.78. The van der Waals surface area contributed by atoms with Crippen molar-refractivity contribution < 1.29 is 8.42 Å². The number of hydrogen-bond acceptors (Lipinski definition) is 4. The van der Waals surface area contributed by atoms with Crippen LogP contribution in [0.3, 0.4) is 0 Å². The number of H-pyrrole nitrogens is 1. The molecule has 7 heteroatoms. The molecule has 0 amide bonds. The van der Waals surface area contributed by atoms with E-state index in [0.717, 1.165) is 24.2 Å². The Labute approximate surface area is 121 Å². The number of rotatable bonds is 2. The molecule has 0 radical (unpaired) electrons. The van der Waals surface area contributed by atoms with Crippen molar-refractivity contribution in [1.82, 2.24) is 9.29 Å². The zero-order valence-electron chi connectivity index (χ0n) is 11.1. The van der Waals surface area contributed by atoms with Gasteiger partial charge in [-0.1, -0.05) is 18.3 Å². The Morgan fingerprint density at radius 2 is 2.00 bits per heavy atom. The highest BCUT2D eigenvalue weighted by atomic mass is 32.2. The van der Waals surface area contributed by atoms with Crippen LogP contribution in [0.1, 0.15) is 19.8 Å². The van der Waals surface area contributed by atoms with Gasteiger partial charge in [-0.25, -0.2) is 8.42 Å². The van der Waals surface area contributed by atoms with Crippen LogP contribution in [-0.4, -0.2) is 30.8 Å². The Morgan fingerprint density at radius 1 is 1.30 bits per heavy atom. The third-order valence-corrected chi connectivity index (χ3v) is 6.51. The number of aromatic nitrogens is 1. The largest absolute Gasteiger partial charge is 0.312 e. The molecular formula is C13H16N2O3S2. The Balaban J connectivity index is 1.98. The summed E-state index contributed by atoms with van der Waals surface area (Å²) < 4.78 is 27.4. The monoisotopic (exact) mass is 312 g/mol. The molecule has 1 aromatic carbocycles. The molecule has 1 aliphatic rings. The fourth-order valence-electron chi connectivity index (χ4n) is 2.46. The number of hydrogen-bond donors (Lipinski definition) is 1. The van der Waals surface area contributed by atoms with Gasteiger partial charge in [-0.3, -0.25) is 4.79 Å². The minimum absolute atomic E-state index is 0.165. The zero-order chi connectivity index (χ0) is 14.3. The number of thiazole rings is 1. The number of fused-ring (bicyclic) bond motifs is 1. The first-order chi connectivity index (χ1) is 9.46. The highest BCUT2D eigenvalue weighted by Crippen LogP contribution is 2.26. The number of aromatic amines is 1. The molecular weight excluding hydrogens is 296 g/mol. The lowest BCUT2D eigenvalue weighted by Crippen LogP contribution is -2.37. The van der Waals surface area contributed by atoms with Gasteiger partial charge in [-0.05, 0) is 37.0 Å². The normalized spacial score (nSPS) is 18.6. The maximum absolute atomic E-state index is 12.6. The smallest absolute Gasteiger partial charge is 0.305 e. The van der Waals surface area contributed by atoms with Gasteiger partial charge in [0.15, 0.2) is 0 Å². The molecule has 0 saturated carbocycles. The van der Waals surface area contributed by atoms with Crippen LogP contribution in [0.25, 0.3) is 10.2 Å². The summed E-state index contributed by atoms with van der Waals surface area (Å²) in [6.45, 7) is 3.29. The second kappa shape index (κ2) is 4.98. The van der Waals surface area contributed by atoms with Crippen LogP contribution >= 0.6 is 11.3 Å². The molecule has 0 aliphatic carbocycles. The number of nitrogens with one attached hydrogen (secondary N) is 1. The first-order valence-corrected chi connectivity index (χ1v) is 8.85. The summed E-state index contributed by atoms with van der Waals surface area (Å²) in [7, 11) is -3.44. The second-order valence-corrected chi connectivity index (χ2v) is 8.21. The molecule has 3 rings (SSSR count). The molecule has 1 N–H and O–H groups in total. The summed E-state index contributed by atoms with van der Waals surface area (Å²) in [6, 6.07) is 4.82. The quantitative estimate of drug-likeness (QED) is 0.922. The third kappa shape index (κ3) is 2.41. The van der Waals surface area contributed by atoms with E-state index >= 15 is 0 Å². The molecule has 108 valence electrons. The Hall–Kier alpha value is -1.18. The van der Waals surface area contributed by atoms with E-state index in [1.165, 1.54) is 0 Å². The maximum atomic E-state index is 12.6. The molecule has 0 unspecified atom stereocenters. The standard InChI is InChI=1S/C13H16N2O3S2/c1-9-4-6-15(7-5-9)20(17,18)10-2-3-11-12(8-10)19-13(16)14-11/h2-3,8-9H,4-7H2,1H3,(H,14,16). The van der Waals surface area contributed by atoms with Crippen LogP contribution < -0.4 is 4.87 Å². The number of piperidine rings is 1. The summed E-state index contributed by atoms with van der Waals surface area (Å²) in [4.78, 5) is 14.1. The van der Waals surface area contributed by atoms with Crippen molar-refractivity contribution in [2.45, 2.75) is 24.7 Å². The molecule has 2 heterocycles. The van der Waals surface area contributed by atoms with Crippen molar-refractivity contribution in [3.8, 4) is 0 Å². The Bertz CT molecular complexity index is 783. The topological polar surface area (TPSA) is 70.2 Å². The maximum Gasteiger partial charge on any atom is 0.305 e. The average molecular weight is 312 g/mol. The molecule has 2 aromatic rings. The number of benzene rings is 1. The van der Waals surface area contributed by atoms with Gasteiger partial charge in [0.25, 0.3) is 0 Å². The molecule has 0 bridgehead atoms. The second-order valence-electron chi connectivity index (χ2n) is 5.26. The highest BCUT2D eigenvalue weighted by Gasteiger charge is 2.28. The van der Waals surface area contributed by atoms with Crippen molar-refractivity contribution in [1.29, 1.82) is 0 Å². The van der Waals surface area contributed by atoms with E-state index in [1.54, 1.807) is 22.5 Å². The molecule has 0 atom stereocenters. The lowest BCUT2D eigenvalue weighted by Gasteiger charge is -2.29. The summed E-state index contributed by atoms with van der Waals surface area (Å²) >= 11 is 1.04. The van der Waals surface area contributed by atoms with E-state index < -0.39 is 10.0 Å². The lowest BCUT2D eigenvalue weighted by atomic mass is 10.0. The Morgan fingerprint density at radius 3 is 2.70 bits per heavy atom. The van der Waals surface area contributed by atoms with E-state index in [2.05, 4.69) is 11.9 Å². The molecule has 1 aliphatic heterocycles. The molecule has 5 nitrogen and oxygen atoms in total. The molecule has 20 heavy (non-hydrogen) atoms. The van der Waals surface area contributed by atoms with Crippen molar-refractivity contribution in [2.24, 2.45) is 5.92 Å². The van der Waals surface area contributed by atoms with Gasteiger partial charge in [0, 0.05) is 13.1 Å². The predicted molar refractivity (Wildman–Crippen MR) is 79.6 cm³/mol. The van der Waals surface area contributed by atoms with Crippen molar-refractivity contribution in [2.75, 3.05) is 13.1 Å². The van der Waals surface area contributed by atoms with E-state index in [1.807, 2.05) is 0 Å². The first-order valence-electron chi connectivity index (χ1n) is 6.60. The molecule has 0 spiro atoms. The SMILES string of the molecule is CC1CCN(S(=O)(=O)c2ccc3[nH]c(=O)sc3c2)CC1. The third-order valence-electron chi connectivity index (χ3n) is 3.77. The fourth-order valence-corrected chi connectivity index (χ4v) is 4.81. The molecule has 1 aromatic heterocycles. The van der Waals surface area contributed by atoms with Crippen molar-refractivity contribution in [3.05, 3.63) is 27.9 Å². The Kier molecular flexibility index (Phi) is 3.43. The van der Waals surface area contributed by atoms with E-state index in [9.17, 15) is 13.2 Å². The van der Waals surface area contributed by atoms with Crippen LogP contribution in [0.2, 0.25) is 0 Å². The summed E-state index contributed by atoms with van der Waals surface area (Å²) in [5.41, 5.74) is 0.686. The first kappa shape index (κ1) is 13.8. The van der Waals surface area contributed by atoms with Gasteiger partial charge in [0.2, 0.25) is 10.0 Å². The van der Waals surface area contributed by atoms with Gasteiger partial charge in [-0.2, -0.15) is 4.31 Å². The fraction of sp³-hybridized carbons (Fsp3) is 0.462. The number of nitrogens with zero attached hydrogens (tertiary/aromatic N) is 1. The van der Waals surface area contributed by atoms with E-state index in [4.69, 9.17) is 0 Å². The van der Waals surface area contributed by atoms with Crippen LogP contribution in [0.15, 0.2) is 27.9 Å². The van der Waals surface area contributed by atoms with Gasteiger partial charge in [0.1, 0.15) is 0 Å².